The highest BCUT2D eigenvalue weighted by atomic mass is 32.1. The number of carbonyl (C=O) groups excluding carboxylic acids is 2. The van der Waals surface area contributed by atoms with E-state index < -0.39 is 23.0 Å². The first kappa shape index (κ1) is 21.8. The molecular formula is C23H20N4O3S. The minimum Gasteiger partial charge on any atom is -0.504 e. The molecule has 0 unspecified atom stereocenters. The van der Waals surface area contributed by atoms with Gasteiger partial charge in [-0.2, -0.15) is 10.5 Å². The van der Waals surface area contributed by atoms with Crippen molar-refractivity contribution in [1.29, 1.82) is 10.5 Å². The van der Waals surface area contributed by atoms with Crippen molar-refractivity contribution in [2.75, 3.05) is 5.32 Å². The van der Waals surface area contributed by atoms with E-state index in [4.69, 9.17) is 5.73 Å². The van der Waals surface area contributed by atoms with Crippen LogP contribution in [0.4, 0.5) is 5.00 Å². The van der Waals surface area contributed by atoms with Gasteiger partial charge in [0.2, 0.25) is 0 Å². The second-order valence-corrected chi connectivity index (χ2v) is 8.24. The molecular weight excluding hydrogens is 412 g/mol. The zero-order valence-electron chi connectivity index (χ0n) is 16.9. The molecule has 8 heteroatoms. The van der Waals surface area contributed by atoms with E-state index in [0.29, 0.717) is 16.1 Å². The minimum absolute atomic E-state index is 0.170. The van der Waals surface area contributed by atoms with Crippen LogP contribution in [-0.2, 0) is 17.6 Å². The summed E-state index contributed by atoms with van der Waals surface area (Å²) in [5.74, 6) is -2.32. The Morgan fingerprint density at radius 2 is 1.87 bits per heavy atom. The van der Waals surface area contributed by atoms with Gasteiger partial charge < -0.3 is 16.2 Å². The van der Waals surface area contributed by atoms with E-state index in [1.807, 2.05) is 6.92 Å². The van der Waals surface area contributed by atoms with Crippen LogP contribution in [0, 0.1) is 29.6 Å². The largest absolute Gasteiger partial charge is 0.504 e. The van der Waals surface area contributed by atoms with Crippen molar-refractivity contribution < 1.29 is 14.7 Å². The number of hydrogen-bond donors (Lipinski definition) is 3. The zero-order chi connectivity index (χ0) is 22.5. The lowest BCUT2D eigenvalue weighted by atomic mass is 9.96. The lowest BCUT2D eigenvalue weighted by Crippen LogP contribution is -2.17. The predicted molar refractivity (Wildman–Crippen MR) is 117 cm³/mol. The molecule has 31 heavy (non-hydrogen) atoms. The number of rotatable bonds is 6. The summed E-state index contributed by atoms with van der Waals surface area (Å²) < 4.78 is 0. The highest BCUT2D eigenvalue weighted by molar-refractivity contribution is 7.16. The first-order valence-corrected chi connectivity index (χ1v) is 10.4. The smallest absolute Gasteiger partial charge is 0.263 e. The molecule has 0 saturated carbocycles. The van der Waals surface area contributed by atoms with Crippen molar-refractivity contribution in [3.8, 4) is 12.1 Å². The van der Waals surface area contributed by atoms with Gasteiger partial charge in [-0.05, 0) is 38.2 Å². The number of primary amides is 1. The molecule has 0 bridgehead atoms. The van der Waals surface area contributed by atoms with Gasteiger partial charge >= 0.3 is 0 Å². The van der Waals surface area contributed by atoms with Crippen LogP contribution < -0.4 is 11.1 Å². The van der Waals surface area contributed by atoms with Crippen LogP contribution in [-0.4, -0.2) is 16.8 Å². The standard InChI is InChI=1S/C23H20N4O3S/c1-13-6-8-14(9-7-13)19(28)10-18(21(29)17(12-25)22(26)30)27-23-16(11-24)15-4-2-3-5-20(15)31-23/h6-10,27,29H,2-5H2,1H3,(H2,26,30). The molecule has 0 aliphatic heterocycles. The Morgan fingerprint density at radius 1 is 1.19 bits per heavy atom. The molecule has 4 N–H and O–H groups in total. The van der Waals surface area contributed by atoms with Gasteiger partial charge in [-0.25, -0.2) is 0 Å². The van der Waals surface area contributed by atoms with E-state index in [1.54, 1.807) is 30.3 Å². The molecule has 1 aliphatic carbocycles. The topological polar surface area (TPSA) is 140 Å². The van der Waals surface area contributed by atoms with Crippen LogP contribution >= 0.6 is 11.3 Å². The number of allylic oxidation sites excluding steroid dienone is 1. The molecule has 3 rings (SSSR count). The second-order valence-electron chi connectivity index (χ2n) is 7.14. The average molecular weight is 433 g/mol. The summed E-state index contributed by atoms with van der Waals surface area (Å²) in [4.78, 5) is 25.5. The number of thiophene rings is 1. The summed E-state index contributed by atoms with van der Waals surface area (Å²) in [5, 5.41) is 32.9. The number of nitrogens with two attached hydrogens (primary N) is 1. The summed E-state index contributed by atoms with van der Waals surface area (Å²) in [5.41, 5.74) is 7.09. The van der Waals surface area contributed by atoms with Crippen molar-refractivity contribution >= 4 is 28.0 Å². The lowest BCUT2D eigenvalue weighted by Gasteiger charge is -2.11. The van der Waals surface area contributed by atoms with Crippen molar-refractivity contribution in [2.45, 2.75) is 32.6 Å². The van der Waals surface area contributed by atoms with Crippen LogP contribution in [0.3, 0.4) is 0 Å². The van der Waals surface area contributed by atoms with Crippen molar-refractivity contribution in [1.82, 2.24) is 0 Å². The van der Waals surface area contributed by atoms with Crippen LogP contribution in [0.25, 0.3) is 0 Å². The number of aliphatic hydroxyl groups excluding tert-OH is 1. The van der Waals surface area contributed by atoms with E-state index in [1.165, 1.54) is 11.3 Å². The Morgan fingerprint density at radius 3 is 2.48 bits per heavy atom. The summed E-state index contributed by atoms with van der Waals surface area (Å²) >= 11 is 1.37. The number of amides is 1. The molecule has 1 amide bonds. The number of carbonyl (C=O) groups is 2. The predicted octanol–water partition coefficient (Wildman–Crippen LogP) is 3.81. The number of anilines is 1. The third kappa shape index (κ3) is 4.66. The molecule has 1 aromatic heterocycles. The third-order valence-corrected chi connectivity index (χ3v) is 6.20. The quantitative estimate of drug-likeness (QED) is 0.208. The number of nitriles is 2. The number of nitrogens with zero attached hydrogens (tertiary/aromatic N) is 2. The monoisotopic (exact) mass is 432 g/mol. The van der Waals surface area contributed by atoms with Gasteiger partial charge in [-0.15, -0.1) is 11.3 Å². The average Bonchev–Trinajstić information content (AvgIpc) is 3.10. The molecule has 0 fully saturated rings. The van der Waals surface area contributed by atoms with E-state index in [2.05, 4.69) is 11.4 Å². The van der Waals surface area contributed by atoms with Crippen LogP contribution in [0.15, 0.2) is 47.4 Å². The first-order chi connectivity index (χ1) is 14.8. The minimum atomic E-state index is -1.12. The molecule has 0 saturated heterocycles. The number of fused-ring (bicyclic) bond motifs is 1. The van der Waals surface area contributed by atoms with Gasteiger partial charge in [0.25, 0.3) is 5.91 Å². The van der Waals surface area contributed by atoms with Gasteiger partial charge in [0, 0.05) is 16.5 Å². The van der Waals surface area contributed by atoms with Crippen molar-refractivity contribution in [2.24, 2.45) is 5.73 Å². The number of ketones is 1. The second kappa shape index (κ2) is 9.29. The van der Waals surface area contributed by atoms with Gasteiger partial charge in [0.05, 0.1) is 11.3 Å². The Kier molecular flexibility index (Phi) is 6.54. The first-order valence-electron chi connectivity index (χ1n) is 9.63. The molecule has 7 nitrogen and oxygen atoms in total. The summed E-state index contributed by atoms with van der Waals surface area (Å²) in [6, 6.07) is 10.6. The fraction of sp³-hybridized carbons (Fsp3) is 0.217. The SMILES string of the molecule is Cc1ccc(C(=O)C=C(Nc2sc3c(c2C#N)CCCC3)C(O)=C(C#N)C(N)=O)cc1. The fourth-order valence-corrected chi connectivity index (χ4v) is 4.60. The van der Waals surface area contributed by atoms with E-state index in [0.717, 1.165) is 47.8 Å². The Labute approximate surface area is 183 Å². The zero-order valence-corrected chi connectivity index (χ0v) is 17.7. The molecule has 156 valence electrons. The molecule has 0 spiro atoms. The lowest BCUT2D eigenvalue weighted by molar-refractivity contribution is -0.114. The van der Waals surface area contributed by atoms with Crippen molar-refractivity contribution in [3.05, 3.63) is 74.5 Å². The third-order valence-electron chi connectivity index (χ3n) is 4.99. The number of hydrogen-bond acceptors (Lipinski definition) is 7. The van der Waals surface area contributed by atoms with Crippen LogP contribution in [0.2, 0.25) is 0 Å². The summed E-state index contributed by atoms with van der Waals surface area (Å²) in [7, 11) is 0. The number of benzene rings is 1. The summed E-state index contributed by atoms with van der Waals surface area (Å²) in [6.07, 6.45) is 4.74. The maximum Gasteiger partial charge on any atom is 0.263 e. The Hall–Kier alpha value is -3.88. The van der Waals surface area contributed by atoms with Gasteiger partial charge in [-0.3, -0.25) is 9.59 Å². The normalized spacial score (nSPS) is 14.0. The Balaban J connectivity index is 2.09. The number of aryl methyl sites for hydroxylation is 2. The molecule has 1 aliphatic rings. The highest BCUT2D eigenvalue weighted by Gasteiger charge is 2.24. The van der Waals surface area contributed by atoms with Crippen LogP contribution in [0.5, 0.6) is 0 Å². The number of nitrogens with one attached hydrogen (secondary N) is 1. The molecule has 0 radical (unpaired) electrons. The maximum absolute atomic E-state index is 12.8. The van der Waals surface area contributed by atoms with Gasteiger partial charge in [-0.1, -0.05) is 29.8 Å². The van der Waals surface area contributed by atoms with E-state index in [9.17, 15) is 25.2 Å². The molecule has 1 aromatic carbocycles. The van der Waals surface area contributed by atoms with E-state index >= 15 is 0 Å². The molecule has 1 heterocycles. The Bertz CT molecular complexity index is 1190. The number of aliphatic hydroxyl groups is 1. The van der Waals surface area contributed by atoms with E-state index in [-0.39, 0.29) is 5.70 Å². The van der Waals surface area contributed by atoms with Gasteiger partial charge in [0.15, 0.2) is 17.1 Å². The fourth-order valence-electron chi connectivity index (χ4n) is 3.35. The maximum atomic E-state index is 12.8. The summed E-state index contributed by atoms with van der Waals surface area (Å²) in [6.45, 7) is 1.89. The molecule has 0 atom stereocenters. The van der Waals surface area contributed by atoms with Crippen LogP contribution in [0.1, 0.15) is 44.8 Å². The molecule has 2 aromatic rings. The van der Waals surface area contributed by atoms with Gasteiger partial charge in [0.1, 0.15) is 17.1 Å². The van der Waals surface area contributed by atoms with Crippen molar-refractivity contribution in [3.63, 3.8) is 0 Å². The highest BCUT2D eigenvalue weighted by Crippen LogP contribution is 2.38.